The van der Waals surface area contributed by atoms with Crippen LogP contribution in [-0.2, 0) is 6.54 Å². The zero-order valence-electron chi connectivity index (χ0n) is 7.45. The smallest absolute Gasteiger partial charge is 0.153 e. The second-order valence-corrected chi connectivity index (χ2v) is 3.72. The van der Waals surface area contributed by atoms with Gasteiger partial charge in [0.25, 0.3) is 0 Å². The fraction of sp³-hybridized carbons (Fsp3) is 0.375. The molecule has 0 aliphatic carbocycles. The Morgan fingerprint density at radius 2 is 2.54 bits per heavy atom. The van der Waals surface area contributed by atoms with E-state index in [2.05, 4.69) is 28.8 Å². The summed E-state index contributed by atoms with van der Waals surface area (Å²) in [6.45, 7) is 3.24. The van der Waals surface area contributed by atoms with Gasteiger partial charge in [-0.15, -0.1) is 11.3 Å². The third-order valence-corrected chi connectivity index (χ3v) is 2.71. The fourth-order valence-electron chi connectivity index (χ4n) is 0.925. The molecular formula is C8H13N3OS. The van der Waals surface area contributed by atoms with Crippen LogP contribution in [0.3, 0.4) is 0 Å². The summed E-state index contributed by atoms with van der Waals surface area (Å²) >= 11 is 1.70. The van der Waals surface area contributed by atoms with Crippen molar-refractivity contribution in [3.8, 4) is 0 Å². The molecule has 0 aliphatic rings. The summed E-state index contributed by atoms with van der Waals surface area (Å²) < 4.78 is 0. The monoisotopic (exact) mass is 199 g/mol. The Bertz CT molecular complexity index is 295. The number of oxime groups is 1. The number of nitrogens with zero attached hydrogens (tertiary/aromatic N) is 1. The van der Waals surface area contributed by atoms with E-state index >= 15 is 0 Å². The number of hydrogen-bond acceptors (Lipinski definition) is 4. The van der Waals surface area contributed by atoms with Crippen LogP contribution in [0.25, 0.3) is 0 Å². The topological polar surface area (TPSA) is 70.6 Å². The number of amidine groups is 1. The summed E-state index contributed by atoms with van der Waals surface area (Å²) in [5, 5.41) is 16.3. The van der Waals surface area contributed by atoms with Crippen molar-refractivity contribution in [2.24, 2.45) is 10.9 Å². The molecule has 0 bridgehead atoms. The average Bonchev–Trinajstić information content (AvgIpc) is 2.52. The molecule has 0 radical (unpaired) electrons. The summed E-state index contributed by atoms with van der Waals surface area (Å²) in [5.74, 6) is 0.203. The van der Waals surface area contributed by atoms with Crippen LogP contribution in [0.15, 0.2) is 16.6 Å². The number of nitrogens with one attached hydrogen (secondary N) is 1. The van der Waals surface area contributed by atoms with Gasteiger partial charge < -0.3 is 16.3 Å². The van der Waals surface area contributed by atoms with E-state index in [0.717, 1.165) is 6.54 Å². The van der Waals surface area contributed by atoms with Gasteiger partial charge in [-0.25, -0.2) is 0 Å². The zero-order chi connectivity index (χ0) is 9.68. The van der Waals surface area contributed by atoms with E-state index in [1.807, 2.05) is 0 Å². The predicted molar refractivity (Wildman–Crippen MR) is 54.2 cm³/mol. The van der Waals surface area contributed by atoms with E-state index < -0.39 is 0 Å². The van der Waals surface area contributed by atoms with Crippen molar-refractivity contribution in [3.05, 3.63) is 21.9 Å². The quantitative estimate of drug-likeness (QED) is 0.292. The SMILES string of the molecule is Cc1ccsc1CNCC(N)=NO. The van der Waals surface area contributed by atoms with E-state index in [0.29, 0.717) is 6.54 Å². The highest BCUT2D eigenvalue weighted by atomic mass is 32.1. The second-order valence-electron chi connectivity index (χ2n) is 2.72. The molecule has 5 heteroatoms. The first-order chi connectivity index (χ1) is 6.24. The van der Waals surface area contributed by atoms with Crippen LogP contribution in [0.2, 0.25) is 0 Å². The molecule has 0 atom stereocenters. The van der Waals surface area contributed by atoms with Gasteiger partial charge in [0, 0.05) is 11.4 Å². The number of nitrogens with two attached hydrogens (primary N) is 1. The van der Waals surface area contributed by atoms with Gasteiger partial charge in [-0.1, -0.05) is 5.16 Å². The van der Waals surface area contributed by atoms with Crippen LogP contribution in [0.5, 0.6) is 0 Å². The van der Waals surface area contributed by atoms with Gasteiger partial charge in [-0.2, -0.15) is 0 Å². The number of hydrogen-bond donors (Lipinski definition) is 3. The molecule has 0 unspecified atom stereocenters. The Hall–Kier alpha value is -1.07. The minimum Gasteiger partial charge on any atom is -0.409 e. The van der Waals surface area contributed by atoms with Crippen molar-refractivity contribution in [2.45, 2.75) is 13.5 Å². The lowest BCUT2D eigenvalue weighted by Crippen LogP contribution is -2.28. The molecule has 1 aromatic heterocycles. The Labute approximate surface area is 81.1 Å². The first-order valence-electron chi connectivity index (χ1n) is 3.94. The third-order valence-electron chi connectivity index (χ3n) is 1.69. The summed E-state index contributed by atoms with van der Waals surface area (Å²) in [5.41, 5.74) is 6.57. The average molecular weight is 199 g/mol. The van der Waals surface area contributed by atoms with Crippen molar-refractivity contribution in [2.75, 3.05) is 6.54 Å². The molecule has 0 saturated heterocycles. The molecule has 0 saturated carbocycles. The first-order valence-corrected chi connectivity index (χ1v) is 4.82. The number of aryl methyl sites for hydroxylation is 1. The van der Waals surface area contributed by atoms with Gasteiger partial charge >= 0.3 is 0 Å². The predicted octanol–water partition coefficient (Wildman–Crippen LogP) is 0.893. The maximum absolute atomic E-state index is 8.27. The van der Waals surface area contributed by atoms with Gasteiger partial charge in [-0.3, -0.25) is 0 Å². The second kappa shape index (κ2) is 4.84. The van der Waals surface area contributed by atoms with Crippen LogP contribution in [0, 0.1) is 6.92 Å². The van der Waals surface area contributed by atoms with Crippen LogP contribution >= 0.6 is 11.3 Å². The standard InChI is InChI=1S/C8H13N3OS/c1-6-2-3-13-7(6)4-10-5-8(9)11-12/h2-3,10,12H,4-5H2,1H3,(H2,9,11). The minimum atomic E-state index is 0.203. The Balaban J connectivity index is 2.32. The Morgan fingerprint density at radius 3 is 3.08 bits per heavy atom. The van der Waals surface area contributed by atoms with Crippen LogP contribution in [0.4, 0.5) is 0 Å². The van der Waals surface area contributed by atoms with Crippen molar-refractivity contribution in [1.29, 1.82) is 0 Å². The molecule has 0 aromatic carbocycles. The molecule has 4 nitrogen and oxygen atoms in total. The van der Waals surface area contributed by atoms with Gasteiger partial charge in [0.15, 0.2) is 5.84 Å². The molecular weight excluding hydrogens is 186 g/mol. The summed E-state index contributed by atoms with van der Waals surface area (Å²) in [6, 6.07) is 2.07. The van der Waals surface area contributed by atoms with Gasteiger partial charge in [-0.05, 0) is 23.9 Å². The Kier molecular flexibility index (Phi) is 3.72. The molecule has 4 N–H and O–H groups in total. The number of rotatable bonds is 4. The molecule has 1 rings (SSSR count). The molecule has 1 heterocycles. The molecule has 0 aliphatic heterocycles. The molecule has 0 amide bonds. The van der Waals surface area contributed by atoms with Crippen LogP contribution < -0.4 is 11.1 Å². The lowest BCUT2D eigenvalue weighted by molar-refractivity contribution is 0.317. The van der Waals surface area contributed by atoms with Crippen molar-refractivity contribution >= 4 is 17.2 Å². The molecule has 72 valence electrons. The van der Waals surface area contributed by atoms with Crippen molar-refractivity contribution in [1.82, 2.24) is 5.32 Å². The maximum Gasteiger partial charge on any atom is 0.153 e. The van der Waals surface area contributed by atoms with Crippen LogP contribution in [0.1, 0.15) is 10.4 Å². The molecule has 13 heavy (non-hydrogen) atoms. The van der Waals surface area contributed by atoms with E-state index in [-0.39, 0.29) is 5.84 Å². The van der Waals surface area contributed by atoms with Crippen LogP contribution in [-0.4, -0.2) is 17.6 Å². The van der Waals surface area contributed by atoms with E-state index in [1.54, 1.807) is 11.3 Å². The van der Waals surface area contributed by atoms with E-state index in [1.165, 1.54) is 10.4 Å². The van der Waals surface area contributed by atoms with Gasteiger partial charge in [0.1, 0.15) is 0 Å². The fourth-order valence-corrected chi connectivity index (χ4v) is 1.80. The summed E-state index contributed by atoms with van der Waals surface area (Å²) in [6.07, 6.45) is 0. The lowest BCUT2D eigenvalue weighted by atomic mass is 10.3. The highest BCUT2D eigenvalue weighted by Crippen LogP contribution is 2.14. The minimum absolute atomic E-state index is 0.203. The zero-order valence-corrected chi connectivity index (χ0v) is 8.27. The molecule has 0 spiro atoms. The highest BCUT2D eigenvalue weighted by molar-refractivity contribution is 7.10. The number of thiophene rings is 1. The van der Waals surface area contributed by atoms with E-state index in [4.69, 9.17) is 10.9 Å². The van der Waals surface area contributed by atoms with Gasteiger partial charge in [0.2, 0.25) is 0 Å². The largest absolute Gasteiger partial charge is 0.409 e. The Morgan fingerprint density at radius 1 is 1.77 bits per heavy atom. The molecule has 0 fully saturated rings. The lowest BCUT2D eigenvalue weighted by Gasteiger charge is -2.01. The maximum atomic E-state index is 8.27. The van der Waals surface area contributed by atoms with E-state index in [9.17, 15) is 0 Å². The van der Waals surface area contributed by atoms with Crippen molar-refractivity contribution < 1.29 is 5.21 Å². The first kappa shape index (κ1) is 10.0. The third kappa shape index (κ3) is 3.04. The normalized spacial score (nSPS) is 11.9. The molecule has 1 aromatic rings. The highest BCUT2D eigenvalue weighted by Gasteiger charge is 1.99. The summed E-state index contributed by atoms with van der Waals surface area (Å²) in [7, 11) is 0. The summed E-state index contributed by atoms with van der Waals surface area (Å²) in [4.78, 5) is 1.28. The van der Waals surface area contributed by atoms with Crippen molar-refractivity contribution in [3.63, 3.8) is 0 Å². The van der Waals surface area contributed by atoms with Gasteiger partial charge in [0.05, 0.1) is 6.54 Å².